The second-order valence-electron chi connectivity index (χ2n) is 7.21. The Bertz CT molecular complexity index is 1110. The molecule has 1 N–H and O–H groups in total. The van der Waals surface area contributed by atoms with Crippen molar-refractivity contribution in [2.24, 2.45) is 0 Å². The highest BCUT2D eigenvalue weighted by Gasteiger charge is 2.36. The van der Waals surface area contributed by atoms with Gasteiger partial charge in [0.25, 0.3) is 11.8 Å². The van der Waals surface area contributed by atoms with Crippen molar-refractivity contribution in [1.29, 1.82) is 0 Å². The zero-order valence-electron chi connectivity index (χ0n) is 16.1. The zero-order chi connectivity index (χ0) is 20.0. The Labute approximate surface area is 168 Å². The zero-order valence-corrected chi connectivity index (χ0v) is 16.1. The van der Waals surface area contributed by atoms with Gasteiger partial charge in [-0.3, -0.25) is 9.59 Å². The lowest BCUT2D eigenvalue weighted by Gasteiger charge is -2.33. The standard InChI is InChI=1S/C23H21N3O3/c1-29-20-8-3-2-7-19(20)26-22(27)16-6-4-5-15-18(25-13-11-24-12-14-25)10-9-17(21(15)16)23(26)28/h2-10,24H,11-14H2,1H3. The fraction of sp³-hybridized carbons (Fsp3) is 0.217. The predicted molar refractivity (Wildman–Crippen MR) is 113 cm³/mol. The van der Waals surface area contributed by atoms with Crippen molar-refractivity contribution in [2.45, 2.75) is 0 Å². The van der Waals surface area contributed by atoms with E-state index >= 15 is 0 Å². The first-order chi connectivity index (χ1) is 14.2. The lowest BCUT2D eigenvalue weighted by Crippen LogP contribution is -2.44. The molecule has 3 aromatic rings. The number of ether oxygens (including phenoxy) is 1. The summed E-state index contributed by atoms with van der Waals surface area (Å²) in [7, 11) is 1.53. The molecule has 1 saturated heterocycles. The highest BCUT2D eigenvalue weighted by Crippen LogP contribution is 2.39. The van der Waals surface area contributed by atoms with Gasteiger partial charge in [-0.15, -0.1) is 0 Å². The van der Waals surface area contributed by atoms with Gasteiger partial charge in [0.2, 0.25) is 0 Å². The summed E-state index contributed by atoms with van der Waals surface area (Å²) < 4.78 is 5.40. The molecule has 2 aliphatic heterocycles. The quantitative estimate of drug-likeness (QED) is 0.700. The third kappa shape index (κ3) is 2.68. The van der Waals surface area contributed by atoms with Crippen LogP contribution in [0.1, 0.15) is 20.7 Å². The first-order valence-electron chi connectivity index (χ1n) is 9.74. The van der Waals surface area contributed by atoms with Gasteiger partial charge >= 0.3 is 0 Å². The molecule has 29 heavy (non-hydrogen) atoms. The Morgan fingerprint density at radius 1 is 0.828 bits per heavy atom. The van der Waals surface area contributed by atoms with E-state index < -0.39 is 0 Å². The number of carbonyl (C=O) groups excluding carboxylic acids is 2. The van der Waals surface area contributed by atoms with Crippen molar-refractivity contribution in [3.05, 3.63) is 65.7 Å². The summed E-state index contributed by atoms with van der Waals surface area (Å²) in [6, 6.07) is 16.6. The smallest absolute Gasteiger partial charge is 0.266 e. The van der Waals surface area contributed by atoms with Crippen molar-refractivity contribution in [1.82, 2.24) is 5.32 Å². The van der Waals surface area contributed by atoms with Gasteiger partial charge in [0.1, 0.15) is 5.75 Å². The fourth-order valence-electron chi connectivity index (χ4n) is 4.30. The lowest BCUT2D eigenvalue weighted by molar-refractivity contribution is 0.0892. The van der Waals surface area contributed by atoms with Crippen molar-refractivity contribution in [3.63, 3.8) is 0 Å². The number of benzene rings is 3. The molecule has 3 aromatic carbocycles. The summed E-state index contributed by atoms with van der Waals surface area (Å²) in [5.74, 6) is -0.160. The molecule has 0 atom stereocenters. The Morgan fingerprint density at radius 2 is 1.55 bits per heavy atom. The minimum absolute atomic E-state index is 0.324. The van der Waals surface area contributed by atoms with Gasteiger partial charge in [-0.2, -0.15) is 0 Å². The van der Waals surface area contributed by atoms with Crippen LogP contribution in [0.2, 0.25) is 0 Å². The number of piperazine rings is 1. The second kappa shape index (κ2) is 6.90. The molecule has 5 rings (SSSR count). The van der Waals surface area contributed by atoms with Crippen LogP contribution in [0.4, 0.5) is 11.4 Å². The monoisotopic (exact) mass is 387 g/mol. The molecule has 6 nitrogen and oxygen atoms in total. The third-order valence-corrected chi connectivity index (χ3v) is 5.67. The lowest BCUT2D eigenvalue weighted by atomic mass is 9.92. The fourth-order valence-corrected chi connectivity index (χ4v) is 4.30. The van der Waals surface area contributed by atoms with Crippen molar-refractivity contribution >= 4 is 34.0 Å². The molecule has 0 unspecified atom stereocenters. The number of nitrogens with one attached hydrogen (secondary N) is 1. The number of nitrogens with zero attached hydrogens (tertiary/aromatic N) is 2. The molecule has 2 aliphatic rings. The molecule has 0 aliphatic carbocycles. The van der Waals surface area contributed by atoms with Crippen LogP contribution in [0.25, 0.3) is 10.8 Å². The second-order valence-corrected chi connectivity index (χ2v) is 7.21. The predicted octanol–water partition coefficient (Wildman–Crippen LogP) is 3.06. The number of rotatable bonds is 3. The van der Waals surface area contributed by atoms with Crippen molar-refractivity contribution in [2.75, 3.05) is 43.1 Å². The van der Waals surface area contributed by atoms with Crippen LogP contribution in [0.15, 0.2) is 54.6 Å². The number of para-hydroxylation sites is 2. The van der Waals surface area contributed by atoms with Gasteiger partial charge in [0.05, 0.1) is 12.8 Å². The molecule has 2 amide bonds. The van der Waals surface area contributed by atoms with E-state index in [1.807, 2.05) is 30.3 Å². The van der Waals surface area contributed by atoms with Gasteiger partial charge < -0.3 is 15.0 Å². The number of anilines is 2. The Morgan fingerprint density at radius 3 is 2.31 bits per heavy atom. The number of amides is 2. The highest BCUT2D eigenvalue weighted by atomic mass is 16.5. The average molecular weight is 387 g/mol. The van der Waals surface area contributed by atoms with Gasteiger partial charge in [0, 0.05) is 53.8 Å². The summed E-state index contributed by atoms with van der Waals surface area (Å²) in [6.45, 7) is 3.63. The molecule has 0 aromatic heterocycles. The van der Waals surface area contributed by atoms with Gasteiger partial charge in [-0.1, -0.05) is 24.3 Å². The summed E-state index contributed by atoms with van der Waals surface area (Å²) in [4.78, 5) is 30.3. The summed E-state index contributed by atoms with van der Waals surface area (Å²) in [5.41, 5.74) is 2.61. The third-order valence-electron chi connectivity index (χ3n) is 5.67. The maximum absolute atomic E-state index is 13.4. The molecular formula is C23H21N3O3. The maximum Gasteiger partial charge on any atom is 0.266 e. The summed E-state index contributed by atoms with van der Waals surface area (Å²) >= 11 is 0. The van der Waals surface area contributed by atoms with Crippen LogP contribution in [-0.2, 0) is 0 Å². The molecule has 0 bridgehead atoms. The number of hydrogen-bond acceptors (Lipinski definition) is 5. The van der Waals surface area contributed by atoms with E-state index in [1.54, 1.807) is 24.3 Å². The topological polar surface area (TPSA) is 61.9 Å². The molecule has 6 heteroatoms. The van der Waals surface area contributed by atoms with Crippen LogP contribution in [-0.4, -0.2) is 45.1 Å². The maximum atomic E-state index is 13.4. The Hall–Kier alpha value is -3.38. The molecule has 2 heterocycles. The number of methoxy groups -OCH3 is 1. The molecule has 0 spiro atoms. The highest BCUT2D eigenvalue weighted by molar-refractivity contribution is 6.36. The SMILES string of the molecule is COc1ccccc1N1C(=O)c2cccc3c(N4CCNCC4)ccc(c23)C1=O. The normalized spacial score (nSPS) is 16.4. The Balaban J connectivity index is 1.69. The number of hydrogen-bond donors (Lipinski definition) is 1. The van der Waals surface area contributed by atoms with Crippen LogP contribution < -0.4 is 19.9 Å². The molecular weight excluding hydrogens is 366 g/mol. The minimum Gasteiger partial charge on any atom is -0.495 e. The summed E-state index contributed by atoms with van der Waals surface area (Å²) in [5, 5.41) is 5.05. The van der Waals surface area contributed by atoms with E-state index in [1.165, 1.54) is 12.0 Å². The van der Waals surface area contributed by atoms with Gasteiger partial charge in [-0.25, -0.2) is 4.90 Å². The van der Waals surface area contributed by atoms with Crippen molar-refractivity contribution < 1.29 is 14.3 Å². The first-order valence-corrected chi connectivity index (χ1v) is 9.74. The van der Waals surface area contributed by atoms with Gasteiger partial charge in [-0.05, 0) is 30.3 Å². The van der Waals surface area contributed by atoms with E-state index in [0.717, 1.165) is 42.6 Å². The molecule has 0 radical (unpaired) electrons. The first kappa shape index (κ1) is 17.7. The van der Waals surface area contributed by atoms with Crippen molar-refractivity contribution in [3.8, 4) is 5.75 Å². The van der Waals surface area contributed by atoms with Crippen LogP contribution >= 0.6 is 0 Å². The average Bonchev–Trinajstić information content (AvgIpc) is 2.78. The largest absolute Gasteiger partial charge is 0.495 e. The Kier molecular flexibility index (Phi) is 4.21. The summed E-state index contributed by atoms with van der Waals surface area (Å²) in [6.07, 6.45) is 0. The minimum atomic E-state index is -0.324. The number of imide groups is 1. The molecule has 0 saturated carbocycles. The van der Waals surface area contributed by atoms with Crippen LogP contribution in [0.3, 0.4) is 0 Å². The van der Waals surface area contributed by atoms with Gasteiger partial charge in [0.15, 0.2) is 0 Å². The van der Waals surface area contributed by atoms with Crippen LogP contribution in [0.5, 0.6) is 5.75 Å². The van der Waals surface area contributed by atoms with Crippen LogP contribution in [0, 0.1) is 0 Å². The van der Waals surface area contributed by atoms with E-state index in [-0.39, 0.29) is 11.8 Å². The molecule has 146 valence electrons. The number of carbonyl (C=O) groups is 2. The van der Waals surface area contributed by atoms with E-state index in [4.69, 9.17) is 4.74 Å². The van der Waals surface area contributed by atoms with E-state index in [2.05, 4.69) is 10.2 Å². The molecule has 1 fully saturated rings. The van der Waals surface area contributed by atoms with E-state index in [0.29, 0.717) is 22.6 Å². The van der Waals surface area contributed by atoms with E-state index in [9.17, 15) is 9.59 Å².